The van der Waals surface area contributed by atoms with Crippen LogP contribution in [0.25, 0.3) is 10.9 Å². The molecule has 2 aliphatic carbocycles. The van der Waals surface area contributed by atoms with Crippen molar-refractivity contribution in [3.05, 3.63) is 18.5 Å². The number of nitrogens with one attached hydrogen (secondary N) is 2. The Balaban J connectivity index is 1.59. The molecule has 2 aliphatic rings. The van der Waals surface area contributed by atoms with E-state index in [0.29, 0.717) is 12.2 Å². The zero-order valence-electron chi connectivity index (χ0n) is 11.5. The number of fused-ring (bicyclic) bond motifs is 1. The predicted octanol–water partition coefficient (Wildman–Crippen LogP) is 2.37. The fraction of sp³-hybridized carbons (Fsp3) is 0.467. The molecule has 1 spiro atoms. The molecule has 2 N–H and O–H groups in total. The second-order valence-electron chi connectivity index (χ2n) is 6.16. The average molecular weight is 281 g/mol. The van der Waals surface area contributed by atoms with Crippen molar-refractivity contribution < 1.29 is 4.79 Å². The van der Waals surface area contributed by atoms with E-state index in [1.54, 1.807) is 18.5 Å². The Morgan fingerprint density at radius 3 is 2.95 bits per heavy atom. The van der Waals surface area contributed by atoms with Crippen LogP contribution in [0.5, 0.6) is 0 Å². The van der Waals surface area contributed by atoms with Crippen molar-refractivity contribution in [1.82, 2.24) is 15.2 Å². The highest BCUT2D eigenvalue weighted by molar-refractivity contribution is 6.00. The molecule has 0 bridgehead atoms. The van der Waals surface area contributed by atoms with Gasteiger partial charge in [-0.15, -0.1) is 0 Å². The maximum absolute atomic E-state index is 12.6. The van der Waals surface area contributed by atoms with E-state index in [2.05, 4.69) is 26.6 Å². The number of carbonyl (C=O) groups is 1. The molecule has 2 heterocycles. The van der Waals surface area contributed by atoms with Crippen LogP contribution < -0.4 is 5.32 Å². The van der Waals surface area contributed by atoms with Crippen LogP contribution in [0.1, 0.15) is 32.1 Å². The summed E-state index contributed by atoms with van der Waals surface area (Å²) in [6, 6.07) is 4.05. The van der Waals surface area contributed by atoms with E-state index in [1.807, 2.05) is 0 Å². The maximum Gasteiger partial charge on any atom is 0.246 e. The van der Waals surface area contributed by atoms with Gasteiger partial charge in [0.05, 0.1) is 24.0 Å². The van der Waals surface area contributed by atoms with Crippen LogP contribution in [0.3, 0.4) is 0 Å². The van der Waals surface area contributed by atoms with E-state index in [-0.39, 0.29) is 11.3 Å². The number of anilines is 1. The molecule has 2 aromatic rings. The Morgan fingerprint density at radius 1 is 1.38 bits per heavy atom. The van der Waals surface area contributed by atoms with Gasteiger partial charge in [0.2, 0.25) is 5.91 Å². The molecule has 1 unspecified atom stereocenters. The minimum Gasteiger partial charge on any atom is -0.309 e. The summed E-state index contributed by atoms with van der Waals surface area (Å²) in [5, 5.41) is 20.0. The van der Waals surface area contributed by atoms with Gasteiger partial charge in [-0.25, -0.2) is 4.98 Å². The molecule has 2 aromatic heterocycles. The standard InChI is InChI=1S/C15H15N5O/c16-9-15(8-14(15)3-1-2-4-14)13(21)19-12-5-10-6-18-20-11(10)7-17-12/h5-7H,1-4,8H2,(H,18,20)(H,17,19,21). The Kier molecular flexibility index (Phi) is 2.37. The molecule has 6 heteroatoms. The maximum atomic E-state index is 12.6. The van der Waals surface area contributed by atoms with Gasteiger partial charge < -0.3 is 5.32 Å². The highest BCUT2D eigenvalue weighted by atomic mass is 16.2. The van der Waals surface area contributed by atoms with Crippen LogP contribution in [0, 0.1) is 22.2 Å². The van der Waals surface area contributed by atoms with Crippen molar-refractivity contribution in [2.75, 3.05) is 5.32 Å². The lowest BCUT2D eigenvalue weighted by Crippen LogP contribution is -2.28. The van der Waals surface area contributed by atoms with E-state index in [1.165, 1.54) is 0 Å². The van der Waals surface area contributed by atoms with Gasteiger partial charge in [-0.3, -0.25) is 9.89 Å². The summed E-state index contributed by atoms with van der Waals surface area (Å²) in [4.78, 5) is 16.8. The molecule has 1 atom stereocenters. The Morgan fingerprint density at radius 2 is 2.19 bits per heavy atom. The van der Waals surface area contributed by atoms with Gasteiger partial charge >= 0.3 is 0 Å². The zero-order chi connectivity index (χ0) is 14.5. The summed E-state index contributed by atoms with van der Waals surface area (Å²) in [5.74, 6) is 0.269. The highest BCUT2D eigenvalue weighted by Gasteiger charge is 2.72. The highest BCUT2D eigenvalue weighted by Crippen LogP contribution is 2.71. The van der Waals surface area contributed by atoms with Crippen molar-refractivity contribution in [3.63, 3.8) is 0 Å². The van der Waals surface area contributed by atoms with Crippen LogP contribution in [-0.4, -0.2) is 21.1 Å². The van der Waals surface area contributed by atoms with Crippen molar-refractivity contribution in [2.24, 2.45) is 10.8 Å². The first-order valence-corrected chi connectivity index (χ1v) is 7.21. The number of amides is 1. The number of pyridine rings is 1. The molecular weight excluding hydrogens is 266 g/mol. The third-order valence-electron chi connectivity index (χ3n) is 5.09. The number of hydrogen-bond acceptors (Lipinski definition) is 4. The lowest BCUT2D eigenvalue weighted by molar-refractivity contribution is -0.120. The number of hydrogen-bond donors (Lipinski definition) is 2. The molecule has 1 amide bonds. The first-order chi connectivity index (χ1) is 10.2. The van der Waals surface area contributed by atoms with Crippen LogP contribution in [0.2, 0.25) is 0 Å². The van der Waals surface area contributed by atoms with Gasteiger partial charge in [0, 0.05) is 10.8 Å². The molecule has 0 saturated heterocycles. The largest absolute Gasteiger partial charge is 0.309 e. The van der Waals surface area contributed by atoms with Crippen LogP contribution in [0.4, 0.5) is 5.82 Å². The normalized spacial score (nSPS) is 25.9. The number of rotatable bonds is 2. The Hall–Kier alpha value is -2.42. The monoisotopic (exact) mass is 281 g/mol. The molecule has 0 aromatic carbocycles. The molecular formula is C15H15N5O. The second kappa shape index (κ2) is 4.04. The van der Waals surface area contributed by atoms with E-state index in [4.69, 9.17) is 0 Å². The summed E-state index contributed by atoms with van der Waals surface area (Å²) < 4.78 is 0. The third-order valence-corrected chi connectivity index (χ3v) is 5.09. The van der Waals surface area contributed by atoms with E-state index in [0.717, 1.165) is 36.6 Å². The fourth-order valence-electron chi connectivity index (χ4n) is 3.78. The predicted molar refractivity (Wildman–Crippen MR) is 76.1 cm³/mol. The minimum absolute atomic E-state index is 0.0778. The van der Waals surface area contributed by atoms with Crippen molar-refractivity contribution in [3.8, 4) is 6.07 Å². The van der Waals surface area contributed by atoms with Gasteiger partial charge in [0.1, 0.15) is 11.2 Å². The van der Waals surface area contributed by atoms with Gasteiger partial charge in [-0.2, -0.15) is 10.4 Å². The van der Waals surface area contributed by atoms with Gasteiger partial charge in [-0.05, 0) is 25.3 Å². The number of nitrogens with zero attached hydrogens (tertiary/aromatic N) is 3. The van der Waals surface area contributed by atoms with Gasteiger partial charge in [0.25, 0.3) is 0 Å². The smallest absolute Gasteiger partial charge is 0.246 e. The molecule has 6 nitrogen and oxygen atoms in total. The Labute approximate surface area is 121 Å². The summed E-state index contributed by atoms with van der Waals surface area (Å²) in [5.41, 5.74) is -0.107. The van der Waals surface area contributed by atoms with E-state index < -0.39 is 5.41 Å². The summed E-state index contributed by atoms with van der Waals surface area (Å²) >= 11 is 0. The lowest BCUT2D eigenvalue weighted by Gasteiger charge is -2.14. The molecule has 2 saturated carbocycles. The third kappa shape index (κ3) is 1.60. The number of aromatic amines is 1. The topological polar surface area (TPSA) is 94.5 Å². The first-order valence-electron chi connectivity index (χ1n) is 7.21. The quantitative estimate of drug-likeness (QED) is 0.883. The Bertz CT molecular complexity index is 768. The summed E-state index contributed by atoms with van der Waals surface area (Å²) in [7, 11) is 0. The van der Waals surface area contributed by atoms with E-state index >= 15 is 0 Å². The zero-order valence-corrected chi connectivity index (χ0v) is 11.5. The molecule has 2 fully saturated rings. The molecule has 0 radical (unpaired) electrons. The lowest BCUT2D eigenvalue weighted by atomic mass is 9.91. The second-order valence-corrected chi connectivity index (χ2v) is 6.16. The molecule has 106 valence electrons. The number of H-pyrrole nitrogens is 1. The fourth-order valence-corrected chi connectivity index (χ4v) is 3.78. The molecule has 0 aliphatic heterocycles. The number of nitriles is 1. The number of carbonyl (C=O) groups excluding carboxylic acids is 1. The van der Waals surface area contributed by atoms with Crippen molar-refractivity contribution in [2.45, 2.75) is 32.1 Å². The summed E-state index contributed by atoms with van der Waals surface area (Å²) in [6.45, 7) is 0. The average Bonchev–Trinajstić information content (AvgIpc) is 2.85. The molecule has 21 heavy (non-hydrogen) atoms. The van der Waals surface area contributed by atoms with Gasteiger partial charge in [-0.1, -0.05) is 12.8 Å². The molecule has 4 rings (SSSR count). The van der Waals surface area contributed by atoms with Crippen LogP contribution in [0.15, 0.2) is 18.5 Å². The minimum atomic E-state index is -0.851. The van der Waals surface area contributed by atoms with E-state index in [9.17, 15) is 10.1 Å². The van der Waals surface area contributed by atoms with Gasteiger partial charge in [0.15, 0.2) is 0 Å². The van der Waals surface area contributed by atoms with Crippen LogP contribution in [-0.2, 0) is 4.79 Å². The summed E-state index contributed by atoms with van der Waals surface area (Å²) in [6.07, 6.45) is 8.23. The SMILES string of the molecule is N#CC1(C(=O)Nc2cc3cn[nH]c3cn2)CC12CCCC2. The first kappa shape index (κ1) is 12.3. The van der Waals surface area contributed by atoms with Crippen molar-refractivity contribution in [1.29, 1.82) is 5.26 Å². The van der Waals surface area contributed by atoms with Crippen LogP contribution >= 0.6 is 0 Å². The number of aromatic nitrogens is 3. The van der Waals surface area contributed by atoms with Crippen molar-refractivity contribution >= 4 is 22.6 Å².